The molecular formula is C62H119NO5. The fraction of sp³-hybridized carbons (Fsp3) is 0.903. The molecule has 0 rings (SSSR count). The van der Waals surface area contributed by atoms with Crippen molar-refractivity contribution in [3.63, 3.8) is 0 Å². The Bertz CT molecular complexity index is 1060. The summed E-state index contributed by atoms with van der Waals surface area (Å²) in [5.74, 6) is -0.0678. The Balaban J connectivity index is 3.42. The molecule has 0 aromatic carbocycles. The molecule has 2 unspecified atom stereocenters. The predicted molar refractivity (Wildman–Crippen MR) is 296 cm³/mol. The summed E-state index contributed by atoms with van der Waals surface area (Å²) in [5, 5.41) is 23.1. The third kappa shape index (κ3) is 53.7. The summed E-state index contributed by atoms with van der Waals surface area (Å²) < 4.78 is 5.48. The Morgan fingerprint density at radius 2 is 0.691 bits per heavy atom. The van der Waals surface area contributed by atoms with Gasteiger partial charge in [-0.2, -0.15) is 0 Å². The first kappa shape index (κ1) is 66.3. The van der Waals surface area contributed by atoms with Gasteiger partial charge in [0, 0.05) is 12.8 Å². The van der Waals surface area contributed by atoms with Crippen LogP contribution in [0.3, 0.4) is 0 Å². The molecule has 0 aliphatic carbocycles. The molecule has 0 saturated heterocycles. The molecule has 0 saturated carbocycles. The molecule has 0 aliphatic heterocycles. The van der Waals surface area contributed by atoms with Gasteiger partial charge in [-0.25, -0.2) is 0 Å². The molecule has 0 radical (unpaired) electrons. The molecule has 0 spiro atoms. The zero-order valence-electron chi connectivity index (χ0n) is 45.9. The minimum Gasteiger partial charge on any atom is -0.466 e. The van der Waals surface area contributed by atoms with Crippen molar-refractivity contribution in [3.05, 3.63) is 24.3 Å². The van der Waals surface area contributed by atoms with E-state index in [0.29, 0.717) is 19.4 Å². The molecule has 0 aromatic heterocycles. The van der Waals surface area contributed by atoms with E-state index in [1.54, 1.807) is 6.08 Å². The van der Waals surface area contributed by atoms with Crippen molar-refractivity contribution in [1.82, 2.24) is 5.32 Å². The van der Waals surface area contributed by atoms with Crippen molar-refractivity contribution in [2.75, 3.05) is 13.2 Å². The molecule has 0 aliphatic rings. The quantitative estimate of drug-likeness (QED) is 0.0321. The number of hydrogen-bond donors (Lipinski definition) is 3. The summed E-state index contributed by atoms with van der Waals surface area (Å²) in [6, 6.07) is -0.630. The van der Waals surface area contributed by atoms with Gasteiger partial charge in [0.05, 0.1) is 25.4 Å². The van der Waals surface area contributed by atoms with Crippen molar-refractivity contribution >= 4 is 11.9 Å². The molecule has 6 heteroatoms. The fourth-order valence-electron chi connectivity index (χ4n) is 9.51. The lowest BCUT2D eigenvalue weighted by Crippen LogP contribution is -2.45. The lowest BCUT2D eigenvalue weighted by atomic mass is 10.0. The second-order valence-corrected chi connectivity index (χ2v) is 21.0. The molecule has 1 amide bonds. The van der Waals surface area contributed by atoms with E-state index in [9.17, 15) is 19.8 Å². The lowest BCUT2D eigenvalue weighted by molar-refractivity contribution is -0.143. The third-order valence-corrected chi connectivity index (χ3v) is 14.2. The number of rotatable bonds is 57. The molecule has 0 fully saturated rings. The molecule has 0 aromatic rings. The van der Waals surface area contributed by atoms with E-state index in [2.05, 4.69) is 31.3 Å². The Labute approximate surface area is 424 Å². The zero-order valence-corrected chi connectivity index (χ0v) is 45.9. The number of aliphatic hydroxyl groups is 2. The topological polar surface area (TPSA) is 95.9 Å². The standard InChI is InChI=1S/C62H119NO5/c1-3-5-7-9-11-13-15-17-19-26-30-34-38-42-46-50-54-60(65)59(58-64)63-61(66)55-51-47-43-39-35-31-27-24-22-21-23-25-29-33-37-41-45-49-53-57-68-62(67)56-52-48-44-40-36-32-28-20-18-16-14-12-10-8-6-4-2/h20,28,50,54,59-60,64-65H,3-19,21-27,29-49,51-53,55-58H2,1-2H3,(H,63,66)/b28-20-,54-50+. The summed E-state index contributed by atoms with van der Waals surface area (Å²) >= 11 is 0. The van der Waals surface area contributed by atoms with E-state index in [-0.39, 0.29) is 18.5 Å². The molecule has 3 N–H and O–H groups in total. The van der Waals surface area contributed by atoms with Crippen molar-refractivity contribution < 1.29 is 24.5 Å². The molecule has 2 atom stereocenters. The molecule has 0 bridgehead atoms. The van der Waals surface area contributed by atoms with Crippen LogP contribution in [0.15, 0.2) is 24.3 Å². The lowest BCUT2D eigenvalue weighted by Gasteiger charge is -2.20. The maximum absolute atomic E-state index is 12.5. The number of allylic oxidation sites excluding steroid dienone is 3. The molecule has 0 heterocycles. The average molecular weight is 959 g/mol. The van der Waals surface area contributed by atoms with Crippen LogP contribution in [-0.4, -0.2) is 47.4 Å². The maximum atomic E-state index is 12.5. The first-order valence-corrected chi connectivity index (χ1v) is 30.6. The fourth-order valence-corrected chi connectivity index (χ4v) is 9.51. The van der Waals surface area contributed by atoms with Gasteiger partial charge < -0.3 is 20.3 Å². The van der Waals surface area contributed by atoms with Gasteiger partial charge in [0.2, 0.25) is 5.91 Å². The van der Waals surface area contributed by atoms with E-state index in [0.717, 1.165) is 44.9 Å². The smallest absolute Gasteiger partial charge is 0.305 e. The Hall–Kier alpha value is -1.66. The molecule has 6 nitrogen and oxygen atoms in total. The van der Waals surface area contributed by atoms with Crippen LogP contribution >= 0.6 is 0 Å². The van der Waals surface area contributed by atoms with Crippen LogP contribution in [-0.2, 0) is 14.3 Å². The highest BCUT2D eigenvalue weighted by molar-refractivity contribution is 5.76. The number of unbranched alkanes of at least 4 members (excludes halogenated alkanes) is 44. The van der Waals surface area contributed by atoms with Gasteiger partial charge in [0.25, 0.3) is 0 Å². The van der Waals surface area contributed by atoms with Crippen molar-refractivity contribution in [2.24, 2.45) is 0 Å². The van der Waals surface area contributed by atoms with E-state index >= 15 is 0 Å². The van der Waals surface area contributed by atoms with Gasteiger partial charge in [0.1, 0.15) is 0 Å². The Morgan fingerprint density at radius 3 is 1.04 bits per heavy atom. The van der Waals surface area contributed by atoms with Crippen molar-refractivity contribution in [2.45, 2.75) is 347 Å². The van der Waals surface area contributed by atoms with Gasteiger partial charge in [-0.1, -0.05) is 289 Å². The highest BCUT2D eigenvalue weighted by Gasteiger charge is 2.18. The van der Waals surface area contributed by atoms with Crippen LogP contribution in [0.4, 0.5) is 0 Å². The Kier molecular flexibility index (Phi) is 56.5. The number of esters is 1. The minimum atomic E-state index is -0.846. The highest BCUT2D eigenvalue weighted by Crippen LogP contribution is 2.17. The number of amides is 1. The second-order valence-electron chi connectivity index (χ2n) is 21.0. The first-order chi connectivity index (χ1) is 33.5. The van der Waals surface area contributed by atoms with Crippen LogP contribution < -0.4 is 5.32 Å². The van der Waals surface area contributed by atoms with Gasteiger partial charge in [-0.15, -0.1) is 0 Å². The number of ether oxygens (including phenoxy) is 1. The van der Waals surface area contributed by atoms with E-state index < -0.39 is 12.1 Å². The van der Waals surface area contributed by atoms with Gasteiger partial charge in [-0.05, 0) is 57.8 Å². The van der Waals surface area contributed by atoms with E-state index in [4.69, 9.17) is 4.74 Å². The van der Waals surface area contributed by atoms with E-state index in [1.807, 2.05) is 6.08 Å². The summed E-state index contributed by atoms with van der Waals surface area (Å²) in [6.07, 6.45) is 70.6. The minimum absolute atomic E-state index is 0.00129. The summed E-state index contributed by atoms with van der Waals surface area (Å²) in [6.45, 7) is 4.91. The van der Waals surface area contributed by atoms with E-state index in [1.165, 1.54) is 263 Å². The second kappa shape index (κ2) is 57.9. The first-order valence-electron chi connectivity index (χ1n) is 30.6. The SMILES string of the molecule is CCCCCCCCC/C=C\CCCCCCCC(=O)OCCCCCCCCCCCCCCCCCCCCCC(=O)NC(CO)C(O)/C=C/CCCCCCCCCCCCCCCC. The van der Waals surface area contributed by atoms with Crippen LogP contribution in [0.25, 0.3) is 0 Å². The average Bonchev–Trinajstić information content (AvgIpc) is 3.34. The van der Waals surface area contributed by atoms with Crippen molar-refractivity contribution in [3.8, 4) is 0 Å². The number of nitrogens with one attached hydrogen (secondary N) is 1. The normalized spacial score (nSPS) is 12.7. The summed E-state index contributed by atoms with van der Waals surface area (Å²) in [4.78, 5) is 24.5. The number of carbonyl (C=O) groups is 2. The third-order valence-electron chi connectivity index (χ3n) is 14.2. The predicted octanol–water partition coefficient (Wildman–Crippen LogP) is 19.0. The number of carbonyl (C=O) groups excluding carboxylic acids is 2. The maximum Gasteiger partial charge on any atom is 0.305 e. The van der Waals surface area contributed by atoms with Crippen molar-refractivity contribution in [1.29, 1.82) is 0 Å². The largest absolute Gasteiger partial charge is 0.466 e. The van der Waals surface area contributed by atoms with Crippen LogP contribution in [0, 0.1) is 0 Å². The summed E-state index contributed by atoms with van der Waals surface area (Å²) in [5.41, 5.74) is 0. The van der Waals surface area contributed by atoms with Crippen LogP contribution in [0.2, 0.25) is 0 Å². The summed E-state index contributed by atoms with van der Waals surface area (Å²) in [7, 11) is 0. The van der Waals surface area contributed by atoms with Gasteiger partial charge in [0.15, 0.2) is 0 Å². The highest BCUT2D eigenvalue weighted by atomic mass is 16.5. The monoisotopic (exact) mass is 958 g/mol. The van der Waals surface area contributed by atoms with Gasteiger partial charge in [-0.3, -0.25) is 9.59 Å². The Morgan fingerprint density at radius 1 is 0.397 bits per heavy atom. The molecule has 402 valence electrons. The number of hydrogen-bond acceptors (Lipinski definition) is 5. The zero-order chi connectivity index (χ0) is 49.3. The molecule has 68 heavy (non-hydrogen) atoms. The van der Waals surface area contributed by atoms with Crippen LogP contribution in [0.5, 0.6) is 0 Å². The van der Waals surface area contributed by atoms with Gasteiger partial charge >= 0.3 is 5.97 Å². The van der Waals surface area contributed by atoms with Crippen LogP contribution in [0.1, 0.15) is 335 Å². The number of aliphatic hydroxyl groups excluding tert-OH is 2. The molecular weight excluding hydrogens is 839 g/mol.